The van der Waals surface area contributed by atoms with Gasteiger partial charge < -0.3 is 0 Å². The quantitative estimate of drug-likeness (QED) is 0.665. The van der Waals surface area contributed by atoms with Gasteiger partial charge in [0.1, 0.15) is 0 Å². The number of rotatable bonds is 3. The van der Waals surface area contributed by atoms with E-state index in [9.17, 15) is 9.59 Å². The topological polar surface area (TPSA) is 73.2 Å². The van der Waals surface area contributed by atoms with Crippen molar-refractivity contribution in [2.45, 2.75) is 38.8 Å². The van der Waals surface area contributed by atoms with Gasteiger partial charge in [-0.2, -0.15) is 5.26 Å². The molecule has 0 aliphatic carbocycles. The van der Waals surface area contributed by atoms with E-state index in [0.29, 0.717) is 12.8 Å². The molecule has 0 radical (unpaired) electrons. The number of hydrogen-bond acceptors (Lipinski definition) is 4. The molecule has 0 spiro atoms. The number of carbonyl (C=O) groups is 2. The van der Waals surface area contributed by atoms with Crippen molar-refractivity contribution in [3.8, 4) is 6.07 Å². The number of nitrogens with one attached hydrogen (secondary N) is 1. The minimum absolute atomic E-state index is 0.135. The maximum atomic E-state index is 11.5. The summed E-state index contributed by atoms with van der Waals surface area (Å²) in [5.41, 5.74) is 0. The number of nitriles is 1. The number of amides is 2. The Labute approximate surface area is 89.0 Å². The Morgan fingerprint density at radius 3 is 2.73 bits per heavy atom. The standard InChI is InChI=1S/C10H15N3O2/c1-3-7(5-11)13-6-9(14)12-10(15)8(13)4-2/h7-8H,3-4,6H2,1-2H3,(H,12,14,15). The summed E-state index contributed by atoms with van der Waals surface area (Å²) < 4.78 is 0. The molecule has 2 amide bonds. The van der Waals surface area contributed by atoms with Crippen LogP contribution in [-0.2, 0) is 9.59 Å². The first-order chi connectivity index (χ1) is 7.13. The van der Waals surface area contributed by atoms with Gasteiger partial charge in [-0.15, -0.1) is 0 Å². The lowest BCUT2D eigenvalue weighted by atomic mass is 10.1. The first-order valence-corrected chi connectivity index (χ1v) is 5.13. The minimum Gasteiger partial charge on any atom is -0.294 e. The average Bonchev–Trinajstić information content (AvgIpc) is 2.19. The molecule has 1 aliphatic heterocycles. The second kappa shape index (κ2) is 4.89. The molecular formula is C10H15N3O2. The molecule has 0 bridgehead atoms. The van der Waals surface area contributed by atoms with Gasteiger partial charge in [0.25, 0.3) is 0 Å². The lowest BCUT2D eigenvalue weighted by Gasteiger charge is -2.35. The zero-order valence-electron chi connectivity index (χ0n) is 8.99. The molecule has 82 valence electrons. The fourth-order valence-corrected chi connectivity index (χ4v) is 1.83. The summed E-state index contributed by atoms with van der Waals surface area (Å²) in [6.07, 6.45) is 1.23. The second-order valence-electron chi connectivity index (χ2n) is 3.56. The van der Waals surface area contributed by atoms with E-state index in [2.05, 4.69) is 11.4 Å². The zero-order valence-corrected chi connectivity index (χ0v) is 8.99. The van der Waals surface area contributed by atoms with Crippen LogP contribution in [0.15, 0.2) is 0 Å². The van der Waals surface area contributed by atoms with E-state index in [-0.39, 0.29) is 30.4 Å². The zero-order chi connectivity index (χ0) is 11.4. The van der Waals surface area contributed by atoms with E-state index < -0.39 is 0 Å². The number of nitrogens with zero attached hydrogens (tertiary/aromatic N) is 2. The molecule has 1 saturated heterocycles. The van der Waals surface area contributed by atoms with Crippen LogP contribution in [0.3, 0.4) is 0 Å². The maximum Gasteiger partial charge on any atom is 0.243 e. The highest BCUT2D eigenvalue weighted by atomic mass is 16.2. The van der Waals surface area contributed by atoms with Gasteiger partial charge in [-0.05, 0) is 12.8 Å². The van der Waals surface area contributed by atoms with E-state index >= 15 is 0 Å². The van der Waals surface area contributed by atoms with Crippen molar-refractivity contribution in [3.63, 3.8) is 0 Å². The van der Waals surface area contributed by atoms with Crippen LogP contribution in [-0.4, -0.2) is 35.3 Å². The largest absolute Gasteiger partial charge is 0.294 e. The van der Waals surface area contributed by atoms with Gasteiger partial charge in [-0.1, -0.05) is 13.8 Å². The van der Waals surface area contributed by atoms with Crippen LogP contribution in [0.25, 0.3) is 0 Å². The molecule has 5 nitrogen and oxygen atoms in total. The minimum atomic E-state index is -0.357. The summed E-state index contributed by atoms with van der Waals surface area (Å²) in [5.74, 6) is -0.610. The highest BCUT2D eigenvalue weighted by Gasteiger charge is 2.35. The van der Waals surface area contributed by atoms with E-state index in [4.69, 9.17) is 5.26 Å². The van der Waals surface area contributed by atoms with E-state index in [1.54, 1.807) is 4.90 Å². The molecule has 5 heteroatoms. The third kappa shape index (κ3) is 2.34. The first-order valence-electron chi connectivity index (χ1n) is 5.13. The van der Waals surface area contributed by atoms with Crippen LogP contribution >= 0.6 is 0 Å². The molecule has 1 fully saturated rings. The molecule has 0 aromatic heterocycles. The van der Waals surface area contributed by atoms with Crippen LogP contribution in [0.5, 0.6) is 0 Å². The van der Waals surface area contributed by atoms with Crippen molar-refractivity contribution in [2.75, 3.05) is 6.54 Å². The summed E-state index contributed by atoms with van der Waals surface area (Å²) in [6, 6.07) is 1.41. The Kier molecular flexibility index (Phi) is 3.81. The van der Waals surface area contributed by atoms with Gasteiger partial charge in [0.2, 0.25) is 11.8 Å². The normalized spacial score (nSPS) is 24.5. The third-order valence-corrected chi connectivity index (χ3v) is 2.61. The molecule has 15 heavy (non-hydrogen) atoms. The molecule has 1 heterocycles. The summed E-state index contributed by atoms with van der Waals surface area (Å²) >= 11 is 0. The number of imide groups is 1. The van der Waals surface area contributed by atoms with Crippen molar-refractivity contribution in [3.05, 3.63) is 0 Å². The lowest BCUT2D eigenvalue weighted by molar-refractivity contribution is -0.141. The predicted octanol–water partition coefficient (Wildman–Crippen LogP) is 0.0256. The van der Waals surface area contributed by atoms with Crippen LogP contribution < -0.4 is 5.32 Å². The van der Waals surface area contributed by atoms with Gasteiger partial charge >= 0.3 is 0 Å². The Hall–Kier alpha value is -1.41. The highest BCUT2D eigenvalue weighted by Crippen LogP contribution is 2.14. The van der Waals surface area contributed by atoms with Gasteiger partial charge in [0.05, 0.1) is 24.7 Å². The molecular weight excluding hydrogens is 194 g/mol. The van der Waals surface area contributed by atoms with E-state index in [1.165, 1.54) is 0 Å². The van der Waals surface area contributed by atoms with E-state index in [1.807, 2.05) is 13.8 Å². The van der Waals surface area contributed by atoms with Gasteiger partial charge in [-0.25, -0.2) is 0 Å². The van der Waals surface area contributed by atoms with Crippen LogP contribution in [0, 0.1) is 11.3 Å². The molecule has 0 saturated carbocycles. The van der Waals surface area contributed by atoms with Gasteiger partial charge in [-0.3, -0.25) is 19.8 Å². The summed E-state index contributed by atoms with van der Waals surface area (Å²) in [6.45, 7) is 3.88. The highest BCUT2D eigenvalue weighted by molar-refractivity contribution is 6.01. The predicted molar refractivity (Wildman–Crippen MR) is 53.6 cm³/mol. The fraction of sp³-hybridized carbons (Fsp3) is 0.700. The summed E-state index contributed by atoms with van der Waals surface area (Å²) in [5, 5.41) is 11.2. The Morgan fingerprint density at radius 2 is 2.27 bits per heavy atom. The molecule has 2 unspecified atom stereocenters. The van der Waals surface area contributed by atoms with Crippen LogP contribution in [0.1, 0.15) is 26.7 Å². The first kappa shape index (κ1) is 11.7. The van der Waals surface area contributed by atoms with Gasteiger partial charge in [0.15, 0.2) is 0 Å². The van der Waals surface area contributed by atoms with Crippen molar-refractivity contribution in [1.82, 2.24) is 10.2 Å². The van der Waals surface area contributed by atoms with Crippen molar-refractivity contribution in [1.29, 1.82) is 5.26 Å². The molecule has 1 aliphatic rings. The van der Waals surface area contributed by atoms with Crippen LogP contribution in [0.4, 0.5) is 0 Å². The molecule has 0 aromatic rings. The lowest BCUT2D eigenvalue weighted by Crippen LogP contribution is -2.60. The number of carbonyl (C=O) groups excluding carboxylic acids is 2. The average molecular weight is 209 g/mol. The number of hydrogen-bond donors (Lipinski definition) is 1. The second-order valence-corrected chi connectivity index (χ2v) is 3.56. The Balaban J connectivity index is 2.87. The third-order valence-electron chi connectivity index (χ3n) is 2.61. The number of piperazine rings is 1. The summed E-state index contributed by atoms with van der Waals surface area (Å²) in [4.78, 5) is 24.4. The summed E-state index contributed by atoms with van der Waals surface area (Å²) in [7, 11) is 0. The SMILES string of the molecule is CCC(C#N)N1CC(=O)NC(=O)C1CC. The maximum absolute atomic E-state index is 11.5. The fourth-order valence-electron chi connectivity index (χ4n) is 1.83. The van der Waals surface area contributed by atoms with Crippen LogP contribution in [0.2, 0.25) is 0 Å². The van der Waals surface area contributed by atoms with E-state index in [0.717, 1.165) is 0 Å². The Morgan fingerprint density at radius 1 is 1.60 bits per heavy atom. The molecule has 1 rings (SSSR count). The molecule has 0 aromatic carbocycles. The monoisotopic (exact) mass is 209 g/mol. The van der Waals surface area contributed by atoms with Crippen molar-refractivity contribution in [2.24, 2.45) is 0 Å². The Bertz CT molecular complexity index is 308. The molecule has 1 N–H and O–H groups in total. The molecule has 2 atom stereocenters. The smallest absolute Gasteiger partial charge is 0.243 e. The van der Waals surface area contributed by atoms with Crippen molar-refractivity contribution < 1.29 is 9.59 Å². The van der Waals surface area contributed by atoms with Crippen molar-refractivity contribution >= 4 is 11.8 Å². The van der Waals surface area contributed by atoms with Gasteiger partial charge in [0, 0.05) is 0 Å².